The van der Waals surface area contributed by atoms with Crippen molar-refractivity contribution in [3.63, 3.8) is 0 Å². The molecule has 3 aromatic carbocycles. The minimum atomic E-state index is -0.557. The van der Waals surface area contributed by atoms with E-state index in [2.05, 4.69) is 20.3 Å². The molecule has 6 aromatic rings. The van der Waals surface area contributed by atoms with Gasteiger partial charge in [0.1, 0.15) is 23.3 Å². The molecule has 0 saturated carbocycles. The van der Waals surface area contributed by atoms with Gasteiger partial charge in [0.15, 0.2) is 0 Å². The molecule has 194 valence electrons. The fourth-order valence-electron chi connectivity index (χ4n) is 4.76. The van der Waals surface area contributed by atoms with Gasteiger partial charge in [-0.3, -0.25) is 9.36 Å². The van der Waals surface area contributed by atoms with E-state index < -0.39 is 6.04 Å². The molecule has 3 aromatic heterocycles. The highest BCUT2D eigenvalue weighted by Crippen LogP contribution is 2.27. The summed E-state index contributed by atoms with van der Waals surface area (Å²) in [5.41, 5.74) is 9.71. The van der Waals surface area contributed by atoms with Crippen molar-refractivity contribution >= 4 is 33.7 Å². The van der Waals surface area contributed by atoms with Crippen LogP contribution in [0.4, 0.5) is 11.8 Å². The number of hydrogen-bond donors (Lipinski definition) is 3. The third-order valence-electron chi connectivity index (χ3n) is 6.60. The van der Waals surface area contributed by atoms with Crippen molar-refractivity contribution in [2.75, 3.05) is 17.7 Å². The van der Waals surface area contributed by atoms with Gasteiger partial charge in [0.2, 0.25) is 5.95 Å². The number of benzene rings is 3. The molecule has 3 heterocycles. The maximum Gasteiger partial charge on any atom is 0.266 e. The molecular weight excluding hydrogens is 490 g/mol. The third kappa shape index (κ3) is 4.83. The average Bonchev–Trinajstić information content (AvgIpc) is 3.42. The average molecular weight is 518 g/mol. The molecule has 0 spiro atoms. The zero-order valence-corrected chi connectivity index (χ0v) is 21.3. The lowest BCUT2D eigenvalue weighted by Crippen LogP contribution is -2.31. The first-order chi connectivity index (χ1) is 19.1. The lowest BCUT2D eigenvalue weighted by atomic mass is 10.1. The van der Waals surface area contributed by atoms with Gasteiger partial charge in [0, 0.05) is 6.20 Å². The van der Waals surface area contributed by atoms with E-state index in [-0.39, 0.29) is 18.1 Å². The predicted molar refractivity (Wildman–Crippen MR) is 153 cm³/mol. The number of nitrogens with one attached hydrogen (secondary N) is 2. The highest BCUT2D eigenvalue weighted by molar-refractivity contribution is 5.88. The lowest BCUT2D eigenvalue weighted by Gasteiger charge is -2.24. The van der Waals surface area contributed by atoms with Gasteiger partial charge in [0.25, 0.3) is 5.56 Å². The SMILES string of the molecule is Cc1cccc2nc(C(COCc3ccccc3)Nc3nc(N)nc4[nH]ccc34)n(-c3ccccc3)c(=O)c12. The number of aryl methyl sites for hydroxylation is 1. The number of anilines is 2. The van der Waals surface area contributed by atoms with Crippen molar-refractivity contribution < 1.29 is 4.74 Å². The van der Waals surface area contributed by atoms with Crippen LogP contribution in [0, 0.1) is 6.92 Å². The molecule has 9 nitrogen and oxygen atoms in total. The molecule has 0 aliphatic rings. The number of aromatic amines is 1. The van der Waals surface area contributed by atoms with E-state index in [4.69, 9.17) is 15.5 Å². The van der Waals surface area contributed by atoms with Crippen LogP contribution in [0.2, 0.25) is 0 Å². The minimum absolute atomic E-state index is 0.124. The Bertz CT molecular complexity index is 1810. The zero-order valence-electron chi connectivity index (χ0n) is 21.3. The molecular formula is C30H27N7O2. The normalized spacial score (nSPS) is 12.1. The van der Waals surface area contributed by atoms with Crippen molar-refractivity contribution in [3.8, 4) is 5.69 Å². The summed E-state index contributed by atoms with van der Waals surface area (Å²) in [5, 5.41) is 4.81. The smallest absolute Gasteiger partial charge is 0.266 e. The van der Waals surface area contributed by atoms with E-state index >= 15 is 0 Å². The van der Waals surface area contributed by atoms with Crippen LogP contribution >= 0.6 is 0 Å². The summed E-state index contributed by atoms with van der Waals surface area (Å²) in [4.78, 5) is 30.9. The molecule has 4 N–H and O–H groups in total. The number of fused-ring (bicyclic) bond motifs is 2. The molecule has 0 radical (unpaired) electrons. The summed E-state index contributed by atoms with van der Waals surface area (Å²) in [6.07, 6.45) is 1.78. The Hall–Kier alpha value is -5.02. The van der Waals surface area contributed by atoms with Crippen LogP contribution in [0.1, 0.15) is 23.0 Å². The van der Waals surface area contributed by atoms with Gasteiger partial charge >= 0.3 is 0 Å². The van der Waals surface area contributed by atoms with E-state index in [0.29, 0.717) is 40.5 Å². The topological polar surface area (TPSA) is 124 Å². The molecule has 9 heteroatoms. The molecule has 1 atom stereocenters. The Balaban J connectivity index is 1.51. The van der Waals surface area contributed by atoms with E-state index in [0.717, 1.165) is 16.5 Å². The maximum absolute atomic E-state index is 14.1. The Labute approximate surface area is 224 Å². The number of H-pyrrole nitrogens is 1. The van der Waals surface area contributed by atoms with Gasteiger partial charge in [-0.2, -0.15) is 9.97 Å². The molecule has 0 bridgehead atoms. The number of para-hydroxylation sites is 1. The first kappa shape index (κ1) is 24.3. The monoisotopic (exact) mass is 517 g/mol. The van der Waals surface area contributed by atoms with Crippen LogP contribution in [0.3, 0.4) is 0 Å². The first-order valence-electron chi connectivity index (χ1n) is 12.6. The van der Waals surface area contributed by atoms with Gasteiger partial charge in [-0.15, -0.1) is 0 Å². The van der Waals surface area contributed by atoms with E-state index in [1.165, 1.54) is 0 Å². The van der Waals surface area contributed by atoms with Crippen molar-refractivity contribution in [2.24, 2.45) is 0 Å². The fourth-order valence-corrected chi connectivity index (χ4v) is 4.76. The van der Waals surface area contributed by atoms with Crippen LogP contribution in [-0.4, -0.2) is 31.1 Å². The molecule has 1 unspecified atom stereocenters. The molecule has 0 amide bonds. The van der Waals surface area contributed by atoms with Crippen LogP contribution < -0.4 is 16.6 Å². The number of aromatic nitrogens is 5. The number of nitrogens with two attached hydrogens (primary N) is 1. The lowest BCUT2D eigenvalue weighted by molar-refractivity contribution is 0.110. The van der Waals surface area contributed by atoms with E-state index in [1.54, 1.807) is 10.8 Å². The van der Waals surface area contributed by atoms with Crippen LogP contribution in [-0.2, 0) is 11.3 Å². The van der Waals surface area contributed by atoms with Gasteiger partial charge < -0.3 is 20.8 Å². The molecule has 0 fully saturated rings. The second-order valence-electron chi connectivity index (χ2n) is 9.28. The van der Waals surface area contributed by atoms with Crippen molar-refractivity contribution in [1.29, 1.82) is 0 Å². The van der Waals surface area contributed by atoms with E-state index in [1.807, 2.05) is 91.9 Å². The summed E-state index contributed by atoms with van der Waals surface area (Å²) in [5.74, 6) is 1.14. The summed E-state index contributed by atoms with van der Waals surface area (Å²) in [6, 6.07) is 26.4. The van der Waals surface area contributed by atoms with Crippen LogP contribution in [0.5, 0.6) is 0 Å². The highest BCUT2D eigenvalue weighted by atomic mass is 16.5. The molecule has 6 rings (SSSR count). The van der Waals surface area contributed by atoms with Crippen LogP contribution in [0.25, 0.3) is 27.6 Å². The summed E-state index contributed by atoms with van der Waals surface area (Å²) in [7, 11) is 0. The first-order valence-corrected chi connectivity index (χ1v) is 12.6. The van der Waals surface area contributed by atoms with Crippen LogP contribution in [0.15, 0.2) is 95.9 Å². The van der Waals surface area contributed by atoms with Crippen molar-refractivity contribution in [3.05, 3.63) is 118 Å². The number of nitrogens with zero attached hydrogens (tertiary/aromatic N) is 4. The van der Waals surface area contributed by atoms with Gasteiger partial charge in [-0.05, 0) is 42.3 Å². The Kier molecular flexibility index (Phi) is 6.48. The molecule has 39 heavy (non-hydrogen) atoms. The van der Waals surface area contributed by atoms with Crippen molar-refractivity contribution in [2.45, 2.75) is 19.6 Å². The number of nitrogen functional groups attached to an aromatic ring is 1. The Morgan fingerprint density at radius 2 is 1.72 bits per heavy atom. The molecule has 0 saturated heterocycles. The minimum Gasteiger partial charge on any atom is -0.374 e. The summed E-state index contributed by atoms with van der Waals surface area (Å²) >= 11 is 0. The van der Waals surface area contributed by atoms with Gasteiger partial charge in [-0.25, -0.2) is 4.98 Å². The molecule has 0 aliphatic heterocycles. The third-order valence-corrected chi connectivity index (χ3v) is 6.60. The number of hydrogen-bond acceptors (Lipinski definition) is 7. The second kappa shape index (κ2) is 10.4. The zero-order chi connectivity index (χ0) is 26.8. The van der Waals surface area contributed by atoms with E-state index in [9.17, 15) is 4.79 Å². The van der Waals surface area contributed by atoms with Gasteiger partial charge in [0.05, 0.1) is 35.2 Å². The summed E-state index contributed by atoms with van der Waals surface area (Å²) in [6.45, 7) is 2.53. The summed E-state index contributed by atoms with van der Waals surface area (Å²) < 4.78 is 7.85. The second-order valence-corrected chi connectivity index (χ2v) is 9.28. The standard InChI is InChI=1S/C30H27N7O2/c1-19-9-8-14-23-25(19)29(38)37(21-12-6-3-7-13-21)28(34-23)24(18-39-17-20-10-4-2-5-11-20)33-27-22-15-16-32-26(22)35-30(31)36-27/h2-16,24H,17-18H2,1H3,(H4,31,32,33,35,36). The molecule has 0 aliphatic carbocycles. The number of ether oxygens (including phenoxy) is 1. The highest BCUT2D eigenvalue weighted by Gasteiger charge is 2.24. The Morgan fingerprint density at radius 1 is 0.949 bits per heavy atom. The fraction of sp³-hybridized carbons (Fsp3) is 0.133. The largest absolute Gasteiger partial charge is 0.374 e. The quantitative estimate of drug-likeness (QED) is 0.262. The number of rotatable bonds is 8. The predicted octanol–water partition coefficient (Wildman–Crippen LogP) is 4.92. The van der Waals surface area contributed by atoms with Gasteiger partial charge in [-0.1, -0.05) is 60.7 Å². The maximum atomic E-state index is 14.1. The van der Waals surface area contributed by atoms with Crippen molar-refractivity contribution in [1.82, 2.24) is 24.5 Å². The Morgan fingerprint density at radius 3 is 2.51 bits per heavy atom.